The average Bonchev–Trinajstić information content (AvgIpc) is 2.54. The van der Waals surface area contributed by atoms with Crippen LogP contribution in [0.4, 0.5) is 4.39 Å². The number of cyclic esters (lactones) is 1. The van der Waals surface area contributed by atoms with Crippen LogP contribution in [0.3, 0.4) is 0 Å². The first-order valence-electron chi connectivity index (χ1n) is 7.21. The number of hydrogen-bond acceptors (Lipinski definition) is 4. The summed E-state index contributed by atoms with van der Waals surface area (Å²) in [5, 5.41) is 0. The minimum Gasteiger partial charge on any atom is -0.458 e. The lowest BCUT2D eigenvalue weighted by molar-refractivity contribution is -0.166. The van der Waals surface area contributed by atoms with Gasteiger partial charge in [-0.15, -0.1) is 0 Å². The molecule has 0 radical (unpaired) electrons. The van der Waals surface area contributed by atoms with Gasteiger partial charge in [-0.1, -0.05) is 30.3 Å². The highest BCUT2D eigenvalue weighted by Crippen LogP contribution is 2.29. The summed E-state index contributed by atoms with van der Waals surface area (Å²) in [7, 11) is 0. The van der Waals surface area contributed by atoms with Crippen molar-refractivity contribution in [3.05, 3.63) is 71.0 Å². The van der Waals surface area contributed by atoms with E-state index in [-0.39, 0.29) is 18.8 Å². The highest BCUT2D eigenvalue weighted by Gasteiger charge is 2.43. The first-order valence-corrected chi connectivity index (χ1v) is 7.21. The zero-order valence-electron chi connectivity index (χ0n) is 12.5. The molecule has 3 rings (SSSR count). The third-order valence-corrected chi connectivity index (χ3v) is 3.80. The van der Waals surface area contributed by atoms with Crippen LogP contribution in [0.1, 0.15) is 28.4 Å². The Hall–Kier alpha value is -2.69. The van der Waals surface area contributed by atoms with E-state index in [1.165, 1.54) is 31.2 Å². The fourth-order valence-corrected chi connectivity index (χ4v) is 2.53. The van der Waals surface area contributed by atoms with Gasteiger partial charge in [0.2, 0.25) is 5.60 Å². The zero-order chi connectivity index (χ0) is 16.4. The van der Waals surface area contributed by atoms with Gasteiger partial charge in [0.1, 0.15) is 12.4 Å². The summed E-state index contributed by atoms with van der Waals surface area (Å²) in [6.45, 7) is 1.53. The highest BCUT2D eigenvalue weighted by molar-refractivity contribution is 5.96. The molecule has 1 aliphatic heterocycles. The minimum absolute atomic E-state index is 0.00605. The molecule has 5 heteroatoms. The molecular weight excluding hydrogens is 299 g/mol. The lowest BCUT2D eigenvalue weighted by Gasteiger charge is -2.32. The van der Waals surface area contributed by atoms with Gasteiger partial charge in [0.25, 0.3) is 0 Å². The normalized spacial score (nSPS) is 19.7. The first-order chi connectivity index (χ1) is 11.0. The summed E-state index contributed by atoms with van der Waals surface area (Å²) < 4.78 is 23.4. The molecule has 0 aliphatic carbocycles. The predicted octanol–water partition coefficient (Wildman–Crippen LogP) is 3.04. The number of ether oxygens (including phenoxy) is 2. The second-order valence-corrected chi connectivity index (χ2v) is 5.66. The maximum absolute atomic E-state index is 12.9. The number of rotatable bonds is 3. The summed E-state index contributed by atoms with van der Waals surface area (Å²) in [6.07, 6.45) is 0.261. The average molecular weight is 314 g/mol. The van der Waals surface area contributed by atoms with Gasteiger partial charge in [-0.25, -0.2) is 14.0 Å². The fraction of sp³-hybridized carbons (Fsp3) is 0.222. The molecule has 0 N–H and O–H groups in total. The van der Waals surface area contributed by atoms with E-state index in [0.717, 1.165) is 5.56 Å². The number of hydrogen-bond donors (Lipinski definition) is 0. The molecule has 1 atom stereocenters. The van der Waals surface area contributed by atoms with E-state index < -0.39 is 17.5 Å². The SMILES string of the molecule is C[C@]1(C(=O)OCc2ccc(F)cc2)Cc2ccccc2C(=O)O1. The Labute approximate surface area is 132 Å². The summed E-state index contributed by atoms with van der Waals surface area (Å²) >= 11 is 0. The Bertz CT molecular complexity index is 754. The fourth-order valence-electron chi connectivity index (χ4n) is 2.53. The van der Waals surface area contributed by atoms with Crippen molar-refractivity contribution in [2.24, 2.45) is 0 Å². The van der Waals surface area contributed by atoms with E-state index in [4.69, 9.17) is 9.47 Å². The molecular formula is C18H15FO4. The van der Waals surface area contributed by atoms with E-state index >= 15 is 0 Å². The van der Waals surface area contributed by atoms with Crippen molar-refractivity contribution in [3.8, 4) is 0 Å². The Kier molecular flexibility index (Phi) is 3.86. The molecule has 2 aromatic rings. The second kappa shape index (κ2) is 5.83. The lowest BCUT2D eigenvalue weighted by Crippen LogP contribution is -2.46. The van der Waals surface area contributed by atoms with Crippen LogP contribution >= 0.6 is 0 Å². The van der Waals surface area contributed by atoms with Crippen LogP contribution in [0.15, 0.2) is 48.5 Å². The molecule has 0 fully saturated rings. The van der Waals surface area contributed by atoms with Crippen molar-refractivity contribution in [3.63, 3.8) is 0 Å². The summed E-state index contributed by atoms with van der Waals surface area (Å²) in [4.78, 5) is 24.4. The molecule has 0 saturated carbocycles. The van der Waals surface area contributed by atoms with Gasteiger partial charge in [-0.3, -0.25) is 0 Å². The van der Waals surface area contributed by atoms with Crippen LogP contribution in [0.25, 0.3) is 0 Å². The first kappa shape index (κ1) is 15.2. The molecule has 23 heavy (non-hydrogen) atoms. The van der Waals surface area contributed by atoms with Crippen molar-refractivity contribution < 1.29 is 23.5 Å². The van der Waals surface area contributed by atoms with E-state index in [1.54, 1.807) is 18.2 Å². The molecule has 1 aliphatic rings. The van der Waals surface area contributed by atoms with Gasteiger partial charge in [0.15, 0.2) is 0 Å². The Morgan fingerprint density at radius 2 is 1.91 bits per heavy atom. The van der Waals surface area contributed by atoms with Gasteiger partial charge in [0.05, 0.1) is 5.56 Å². The maximum Gasteiger partial charge on any atom is 0.351 e. The van der Waals surface area contributed by atoms with Crippen molar-refractivity contribution in [2.75, 3.05) is 0 Å². The lowest BCUT2D eigenvalue weighted by atomic mass is 9.90. The van der Waals surface area contributed by atoms with Gasteiger partial charge in [-0.05, 0) is 36.2 Å². The molecule has 1 heterocycles. The number of benzene rings is 2. The predicted molar refractivity (Wildman–Crippen MR) is 80.2 cm³/mol. The van der Waals surface area contributed by atoms with Gasteiger partial charge in [-0.2, -0.15) is 0 Å². The smallest absolute Gasteiger partial charge is 0.351 e. The molecule has 0 aromatic heterocycles. The van der Waals surface area contributed by atoms with Crippen molar-refractivity contribution in [1.82, 2.24) is 0 Å². The molecule has 0 unspecified atom stereocenters. The van der Waals surface area contributed by atoms with Crippen LogP contribution in [-0.2, 0) is 27.3 Å². The number of carbonyl (C=O) groups is 2. The number of carbonyl (C=O) groups excluding carboxylic acids is 2. The van der Waals surface area contributed by atoms with Crippen LogP contribution in [0.2, 0.25) is 0 Å². The van der Waals surface area contributed by atoms with E-state index in [1.807, 2.05) is 6.07 Å². The summed E-state index contributed by atoms with van der Waals surface area (Å²) in [6, 6.07) is 12.7. The second-order valence-electron chi connectivity index (χ2n) is 5.66. The van der Waals surface area contributed by atoms with E-state index in [2.05, 4.69) is 0 Å². The monoisotopic (exact) mass is 314 g/mol. The Morgan fingerprint density at radius 1 is 1.22 bits per heavy atom. The van der Waals surface area contributed by atoms with Crippen LogP contribution < -0.4 is 0 Å². The zero-order valence-corrected chi connectivity index (χ0v) is 12.5. The third kappa shape index (κ3) is 3.08. The third-order valence-electron chi connectivity index (χ3n) is 3.80. The van der Waals surface area contributed by atoms with Gasteiger partial charge >= 0.3 is 11.9 Å². The van der Waals surface area contributed by atoms with Gasteiger partial charge < -0.3 is 9.47 Å². The molecule has 0 bridgehead atoms. The molecule has 118 valence electrons. The molecule has 0 saturated heterocycles. The summed E-state index contributed by atoms with van der Waals surface area (Å²) in [5.74, 6) is -1.51. The molecule has 4 nitrogen and oxygen atoms in total. The van der Waals surface area contributed by atoms with Gasteiger partial charge in [0, 0.05) is 6.42 Å². The standard InChI is InChI=1S/C18H15FO4/c1-18(10-13-4-2-3-5-15(13)16(20)23-18)17(21)22-11-12-6-8-14(19)9-7-12/h2-9H,10-11H2,1H3/t18-/m1/s1. The highest BCUT2D eigenvalue weighted by atomic mass is 19.1. The van der Waals surface area contributed by atoms with E-state index in [0.29, 0.717) is 11.1 Å². The van der Waals surface area contributed by atoms with Crippen molar-refractivity contribution >= 4 is 11.9 Å². The minimum atomic E-state index is -1.36. The number of fused-ring (bicyclic) bond motifs is 1. The van der Waals surface area contributed by atoms with Crippen LogP contribution in [0.5, 0.6) is 0 Å². The van der Waals surface area contributed by atoms with Crippen molar-refractivity contribution in [1.29, 1.82) is 0 Å². The number of esters is 2. The largest absolute Gasteiger partial charge is 0.458 e. The molecule has 0 amide bonds. The molecule has 0 spiro atoms. The topological polar surface area (TPSA) is 52.6 Å². The number of halogens is 1. The quantitative estimate of drug-likeness (QED) is 0.817. The Morgan fingerprint density at radius 3 is 2.65 bits per heavy atom. The van der Waals surface area contributed by atoms with E-state index in [9.17, 15) is 14.0 Å². The summed E-state index contributed by atoms with van der Waals surface area (Å²) in [5.41, 5.74) is 0.526. The van der Waals surface area contributed by atoms with Crippen LogP contribution in [-0.4, -0.2) is 17.5 Å². The van der Waals surface area contributed by atoms with Crippen molar-refractivity contribution in [2.45, 2.75) is 25.6 Å². The van der Waals surface area contributed by atoms with Crippen LogP contribution in [0, 0.1) is 5.82 Å². The molecule has 2 aromatic carbocycles. The Balaban J connectivity index is 1.72. The maximum atomic E-state index is 12.9.